The van der Waals surface area contributed by atoms with Gasteiger partial charge in [-0.2, -0.15) is 0 Å². The van der Waals surface area contributed by atoms with Crippen LogP contribution < -0.4 is 5.32 Å². The third-order valence-corrected chi connectivity index (χ3v) is 2.48. The zero-order valence-electron chi connectivity index (χ0n) is 11.7. The molecule has 0 saturated carbocycles. The monoisotopic (exact) mass is 251 g/mol. The van der Waals surface area contributed by atoms with Crippen LogP contribution in [0.3, 0.4) is 0 Å². The van der Waals surface area contributed by atoms with E-state index in [-0.39, 0.29) is 12.0 Å². The number of esters is 1. The van der Waals surface area contributed by atoms with Crippen molar-refractivity contribution < 1.29 is 9.53 Å². The van der Waals surface area contributed by atoms with Gasteiger partial charge in [0, 0.05) is 11.8 Å². The number of nitrogens with one attached hydrogen (secondary N) is 1. The quantitative estimate of drug-likeness (QED) is 0.812. The maximum atomic E-state index is 11.7. The van der Waals surface area contributed by atoms with Gasteiger partial charge in [0.05, 0.1) is 7.11 Å². The van der Waals surface area contributed by atoms with E-state index in [0.717, 1.165) is 5.69 Å². The molecule has 0 fully saturated rings. The zero-order valence-corrected chi connectivity index (χ0v) is 11.7. The number of rotatable bonds is 5. The first-order valence-corrected chi connectivity index (χ1v) is 6.09. The minimum absolute atomic E-state index is 0.266. The number of nitrogens with zero attached hydrogens (tertiary/aromatic N) is 2. The normalized spacial score (nSPS) is 12.3. The highest BCUT2D eigenvalue weighted by Gasteiger charge is 2.20. The first-order chi connectivity index (χ1) is 8.42. The van der Waals surface area contributed by atoms with E-state index in [0.29, 0.717) is 24.0 Å². The molecule has 1 rings (SSSR count). The average molecular weight is 251 g/mol. The van der Waals surface area contributed by atoms with Crippen molar-refractivity contribution in [2.24, 2.45) is 5.92 Å². The molecular weight excluding hydrogens is 230 g/mol. The fraction of sp³-hybridized carbons (Fsp3) is 0.615. The Hall–Kier alpha value is -1.65. The van der Waals surface area contributed by atoms with Crippen LogP contribution in [0.5, 0.6) is 0 Å². The van der Waals surface area contributed by atoms with Crippen molar-refractivity contribution in [1.82, 2.24) is 9.97 Å². The minimum atomic E-state index is -0.372. The smallest absolute Gasteiger partial charge is 0.328 e. The molecule has 100 valence electrons. The predicted octanol–water partition coefficient (Wildman–Crippen LogP) is 2.09. The standard InChI is InChI=1S/C13H21N3O2/c1-8(2)6-11(13(17)18-5)16-12-7-9(3)14-10(4)15-12/h7-8,11H,6H2,1-5H3,(H,14,15,16). The Morgan fingerprint density at radius 3 is 2.56 bits per heavy atom. The van der Waals surface area contributed by atoms with Crippen LogP contribution in [0.4, 0.5) is 5.82 Å². The molecule has 1 aromatic rings. The number of hydrogen-bond acceptors (Lipinski definition) is 5. The number of methoxy groups -OCH3 is 1. The van der Waals surface area contributed by atoms with Gasteiger partial charge in [0.15, 0.2) is 0 Å². The molecule has 1 aromatic heterocycles. The van der Waals surface area contributed by atoms with Gasteiger partial charge in [-0.25, -0.2) is 14.8 Å². The second kappa shape index (κ2) is 6.33. The van der Waals surface area contributed by atoms with Crippen molar-refractivity contribution in [3.8, 4) is 0 Å². The molecule has 0 aliphatic carbocycles. The van der Waals surface area contributed by atoms with E-state index in [9.17, 15) is 4.79 Å². The molecule has 0 saturated heterocycles. The molecule has 18 heavy (non-hydrogen) atoms. The third-order valence-electron chi connectivity index (χ3n) is 2.48. The number of hydrogen-bond donors (Lipinski definition) is 1. The summed E-state index contributed by atoms with van der Waals surface area (Å²) in [4.78, 5) is 20.2. The van der Waals surface area contributed by atoms with Gasteiger partial charge in [0.2, 0.25) is 0 Å². The van der Waals surface area contributed by atoms with Gasteiger partial charge < -0.3 is 10.1 Å². The third kappa shape index (κ3) is 4.31. The fourth-order valence-electron chi connectivity index (χ4n) is 1.80. The summed E-state index contributed by atoms with van der Waals surface area (Å²) in [7, 11) is 1.40. The summed E-state index contributed by atoms with van der Waals surface area (Å²) in [5.74, 6) is 1.48. The van der Waals surface area contributed by atoms with E-state index >= 15 is 0 Å². The van der Waals surface area contributed by atoms with E-state index in [4.69, 9.17) is 4.74 Å². The maximum Gasteiger partial charge on any atom is 0.328 e. The van der Waals surface area contributed by atoms with Crippen molar-refractivity contribution >= 4 is 11.8 Å². The second-order valence-corrected chi connectivity index (χ2v) is 4.79. The Bertz CT molecular complexity index is 398. The molecule has 0 spiro atoms. The molecule has 1 unspecified atom stereocenters. The van der Waals surface area contributed by atoms with Crippen LogP contribution >= 0.6 is 0 Å². The van der Waals surface area contributed by atoms with Crippen LogP contribution in [0.1, 0.15) is 31.8 Å². The molecular formula is C13H21N3O2. The summed E-state index contributed by atoms with van der Waals surface area (Å²) in [6.07, 6.45) is 0.703. The van der Waals surface area contributed by atoms with Crippen LogP contribution in [0.25, 0.3) is 0 Å². The molecule has 1 N–H and O–H groups in total. The SMILES string of the molecule is COC(=O)C(CC(C)C)Nc1cc(C)nc(C)n1. The lowest BCUT2D eigenvalue weighted by Gasteiger charge is -2.19. The average Bonchev–Trinajstić information content (AvgIpc) is 2.25. The van der Waals surface area contributed by atoms with E-state index < -0.39 is 0 Å². The van der Waals surface area contributed by atoms with Gasteiger partial charge in [-0.3, -0.25) is 0 Å². The van der Waals surface area contributed by atoms with Gasteiger partial charge in [-0.05, 0) is 26.2 Å². The Morgan fingerprint density at radius 2 is 2.06 bits per heavy atom. The van der Waals surface area contributed by atoms with Crippen molar-refractivity contribution in [3.63, 3.8) is 0 Å². The summed E-state index contributed by atoms with van der Waals surface area (Å²) < 4.78 is 4.80. The number of carbonyl (C=O) groups is 1. The highest BCUT2D eigenvalue weighted by Crippen LogP contribution is 2.13. The van der Waals surface area contributed by atoms with Gasteiger partial charge in [-0.15, -0.1) is 0 Å². The van der Waals surface area contributed by atoms with E-state index in [1.165, 1.54) is 7.11 Å². The van der Waals surface area contributed by atoms with Crippen LogP contribution in [0.2, 0.25) is 0 Å². The van der Waals surface area contributed by atoms with Crippen molar-refractivity contribution in [2.45, 2.75) is 40.2 Å². The molecule has 0 bridgehead atoms. The number of aromatic nitrogens is 2. The molecule has 1 atom stereocenters. The molecule has 0 amide bonds. The van der Waals surface area contributed by atoms with Crippen LogP contribution in [0, 0.1) is 19.8 Å². The fourth-order valence-corrected chi connectivity index (χ4v) is 1.80. The topological polar surface area (TPSA) is 64.1 Å². The Morgan fingerprint density at radius 1 is 1.39 bits per heavy atom. The molecule has 5 heteroatoms. The van der Waals surface area contributed by atoms with Gasteiger partial charge >= 0.3 is 5.97 Å². The summed E-state index contributed by atoms with van der Waals surface area (Å²) >= 11 is 0. The van der Waals surface area contributed by atoms with Crippen LogP contribution in [-0.4, -0.2) is 29.1 Å². The highest BCUT2D eigenvalue weighted by molar-refractivity contribution is 5.78. The van der Waals surface area contributed by atoms with Gasteiger partial charge in [-0.1, -0.05) is 13.8 Å². The predicted molar refractivity (Wildman–Crippen MR) is 70.4 cm³/mol. The lowest BCUT2D eigenvalue weighted by Crippen LogP contribution is -2.32. The molecule has 5 nitrogen and oxygen atoms in total. The Kier molecular flexibility index (Phi) is 5.07. The zero-order chi connectivity index (χ0) is 13.7. The second-order valence-electron chi connectivity index (χ2n) is 4.79. The van der Waals surface area contributed by atoms with Gasteiger partial charge in [0.25, 0.3) is 0 Å². The van der Waals surface area contributed by atoms with Crippen LogP contribution in [0.15, 0.2) is 6.07 Å². The Labute approximate surface area is 108 Å². The lowest BCUT2D eigenvalue weighted by molar-refractivity contribution is -0.141. The summed E-state index contributed by atoms with van der Waals surface area (Å²) in [6, 6.07) is 1.45. The number of ether oxygens (including phenoxy) is 1. The minimum Gasteiger partial charge on any atom is -0.467 e. The number of aryl methyl sites for hydroxylation is 2. The largest absolute Gasteiger partial charge is 0.467 e. The van der Waals surface area contributed by atoms with Crippen molar-refractivity contribution in [1.29, 1.82) is 0 Å². The first-order valence-electron chi connectivity index (χ1n) is 6.09. The summed E-state index contributed by atoms with van der Waals surface area (Å²) in [6.45, 7) is 7.85. The highest BCUT2D eigenvalue weighted by atomic mass is 16.5. The first kappa shape index (κ1) is 14.4. The maximum absolute atomic E-state index is 11.7. The molecule has 0 aliphatic heterocycles. The number of anilines is 1. The van der Waals surface area contributed by atoms with Crippen LogP contribution in [-0.2, 0) is 9.53 Å². The van der Waals surface area contributed by atoms with E-state index in [2.05, 4.69) is 29.1 Å². The molecule has 0 aliphatic rings. The summed E-state index contributed by atoms with van der Waals surface area (Å²) in [5.41, 5.74) is 0.873. The van der Waals surface area contributed by atoms with Gasteiger partial charge in [0.1, 0.15) is 17.7 Å². The Balaban J connectivity index is 2.84. The van der Waals surface area contributed by atoms with E-state index in [1.54, 1.807) is 0 Å². The summed E-state index contributed by atoms with van der Waals surface area (Å²) in [5, 5.41) is 3.12. The van der Waals surface area contributed by atoms with Crippen molar-refractivity contribution in [2.75, 3.05) is 12.4 Å². The molecule has 0 aromatic carbocycles. The molecule has 0 radical (unpaired) electrons. The van der Waals surface area contributed by atoms with E-state index in [1.807, 2.05) is 19.9 Å². The molecule has 1 heterocycles. The lowest BCUT2D eigenvalue weighted by atomic mass is 10.0. The van der Waals surface area contributed by atoms with Crippen molar-refractivity contribution in [3.05, 3.63) is 17.6 Å². The number of carbonyl (C=O) groups excluding carboxylic acids is 1.